The fourth-order valence-electron chi connectivity index (χ4n) is 5.46. The minimum absolute atomic E-state index is 0.0843. The molecule has 0 spiro atoms. The molecule has 1 aliphatic carbocycles. The monoisotopic (exact) mass is 469 g/mol. The van der Waals surface area contributed by atoms with Gasteiger partial charge in [-0.25, -0.2) is 4.39 Å². The molecule has 34 heavy (non-hydrogen) atoms. The molecule has 1 N–H and O–H groups in total. The Labute approximate surface area is 199 Å². The van der Waals surface area contributed by atoms with Crippen LogP contribution in [0.1, 0.15) is 49.3 Å². The van der Waals surface area contributed by atoms with Crippen LogP contribution in [0.15, 0.2) is 42.5 Å². The lowest BCUT2D eigenvalue weighted by Crippen LogP contribution is -2.56. The fourth-order valence-corrected chi connectivity index (χ4v) is 5.46. The lowest BCUT2D eigenvalue weighted by Gasteiger charge is -2.52. The number of nitrogens with zero attached hydrogens (tertiary/aromatic N) is 1. The van der Waals surface area contributed by atoms with Crippen molar-refractivity contribution in [3.05, 3.63) is 59.4 Å². The van der Waals surface area contributed by atoms with Crippen LogP contribution < -0.4 is 14.2 Å². The molecule has 0 radical (unpaired) electrons. The number of likely N-dealkylation sites (tertiary alicyclic amines) is 1. The summed E-state index contributed by atoms with van der Waals surface area (Å²) in [5.41, 5.74) is 0.780. The van der Waals surface area contributed by atoms with E-state index in [-0.39, 0.29) is 23.7 Å². The van der Waals surface area contributed by atoms with Gasteiger partial charge in [0.1, 0.15) is 5.82 Å². The number of methoxy groups -OCH3 is 3. The first-order valence-electron chi connectivity index (χ1n) is 11.7. The Kier molecular flexibility index (Phi) is 7.12. The van der Waals surface area contributed by atoms with Crippen molar-refractivity contribution in [2.45, 2.75) is 43.7 Å². The molecule has 1 aliphatic heterocycles. The van der Waals surface area contributed by atoms with Gasteiger partial charge in [-0.1, -0.05) is 25.0 Å². The molecule has 2 aromatic carbocycles. The molecular formula is C27H32FNO5. The van der Waals surface area contributed by atoms with Crippen molar-refractivity contribution in [3.8, 4) is 17.2 Å². The molecule has 1 heterocycles. The third-order valence-corrected chi connectivity index (χ3v) is 7.17. The normalized spacial score (nSPS) is 24.6. The molecule has 1 saturated carbocycles. The summed E-state index contributed by atoms with van der Waals surface area (Å²) in [4.78, 5) is 15.2. The van der Waals surface area contributed by atoms with Gasteiger partial charge in [0, 0.05) is 18.5 Å². The smallest absolute Gasteiger partial charge is 0.247 e. The molecule has 1 amide bonds. The van der Waals surface area contributed by atoms with Gasteiger partial charge in [0.05, 0.1) is 33.0 Å². The summed E-state index contributed by atoms with van der Waals surface area (Å²) >= 11 is 0. The van der Waals surface area contributed by atoms with E-state index in [1.54, 1.807) is 44.6 Å². The average Bonchev–Trinajstić information content (AvgIpc) is 2.86. The van der Waals surface area contributed by atoms with E-state index in [2.05, 4.69) is 0 Å². The van der Waals surface area contributed by atoms with Crippen LogP contribution in [0.25, 0.3) is 6.08 Å². The number of carbonyl (C=O) groups is 1. The molecule has 1 saturated heterocycles. The number of carbonyl (C=O) groups excluding carboxylic acids is 1. The van der Waals surface area contributed by atoms with Crippen LogP contribution in [0.3, 0.4) is 0 Å². The average molecular weight is 470 g/mol. The molecule has 182 valence electrons. The van der Waals surface area contributed by atoms with Gasteiger partial charge < -0.3 is 24.2 Å². The molecule has 2 aromatic rings. The second-order valence-corrected chi connectivity index (χ2v) is 9.03. The van der Waals surface area contributed by atoms with Crippen LogP contribution in [0.4, 0.5) is 4.39 Å². The predicted octanol–water partition coefficient (Wildman–Crippen LogP) is 4.76. The van der Waals surface area contributed by atoms with Gasteiger partial charge in [-0.2, -0.15) is 0 Å². The first-order valence-corrected chi connectivity index (χ1v) is 11.7. The number of piperidine rings is 1. The maximum absolute atomic E-state index is 13.6. The summed E-state index contributed by atoms with van der Waals surface area (Å²) in [5, 5.41) is 11.4. The zero-order valence-corrected chi connectivity index (χ0v) is 19.9. The van der Waals surface area contributed by atoms with E-state index in [1.165, 1.54) is 25.3 Å². The lowest BCUT2D eigenvalue weighted by atomic mass is 9.66. The van der Waals surface area contributed by atoms with Crippen LogP contribution in [0, 0.1) is 11.7 Å². The number of halogens is 1. The van der Waals surface area contributed by atoms with Crippen molar-refractivity contribution in [2.75, 3.05) is 27.9 Å². The summed E-state index contributed by atoms with van der Waals surface area (Å²) in [6.07, 6.45) is 7.35. The van der Waals surface area contributed by atoms with E-state index in [0.717, 1.165) is 36.8 Å². The number of hydrogen-bond acceptors (Lipinski definition) is 5. The van der Waals surface area contributed by atoms with Crippen molar-refractivity contribution < 1.29 is 28.5 Å². The van der Waals surface area contributed by atoms with E-state index in [1.807, 2.05) is 4.90 Å². The highest BCUT2D eigenvalue weighted by Crippen LogP contribution is 2.49. The number of benzene rings is 2. The molecule has 3 atom stereocenters. The van der Waals surface area contributed by atoms with Crippen LogP contribution >= 0.6 is 0 Å². The number of hydrogen-bond donors (Lipinski definition) is 1. The Morgan fingerprint density at radius 3 is 2.35 bits per heavy atom. The van der Waals surface area contributed by atoms with Crippen molar-refractivity contribution in [3.63, 3.8) is 0 Å². The van der Waals surface area contributed by atoms with Gasteiger partial charge in [0.25, 0.3) is 0 Å². The number of ether oxygens (including phenoxy) is 3. The van der Waals surface area contributed by atoms with Crippen molar-refractivity contribution in [2.24, 2.45) is 5.92 Å². The fraction of sp³-hybridized carbons (Fsp3) is 0.444. The van der Waals surface area contributed by atoms with Gasteiger partial charge in [-0.3, -0.25) is 4.79 Å². The molecule has 2 aliphatic rings. The number of fused-ring (bicyclic) bond motifs is 1. The third kappa shape index (κ3) is 4.62. The SMILES string of the molecule is COc1cc(/C=C/C(=O)N2CC[C@]3(O)CCCC[C@H]3[C@@H]2c2ccc(F)cc2)cc(OC)c1OC. The van der Waals surface area contributed by atoms with Crippen LogP contribution in [-0.2, 0) is 4.79 Å². The van der Waals surface area contributed by atoms with E-state index >= 15 is 0 Å². The topological polar surface area (TPSA) is 68.2 Å². The van der Waals surface area contributed by atoms with Crippen molar-refractivity contribution in [1.29, 1.82) is 0 Å². The number of amides is 1. The van der Waals surface area contributed by atoms with E-state index in [0.29, 0.717) is 30.2 Å². The Morgan fingerprint density at radius 2 is 1.74 bits per heavy atom. The molecule has 0 bridgehead atoms. The molecule has 0 aromatic heterocycles. The Balaban J connectivity index is 1.65. The highest BCUT2D eigenvalue weighted by molar-refractivity contribution is 5.92. The molecule has 7 heteroatoms. The summed E-state index contributed by atoms with van der Waals surface area (Å²) in [6, 6.07) is 9.53. The second kappa shape index (κ2) is 10.1. The Hall–Kier alpha value is -3.06. The predicted molar refractivity (Wildman–Crippen MR) is 128 cm³/mol. The minimum atomic E-state index is -0.797. The highest BCUT2D eigenvalue weighted by Gasteiger charge is 2.49. The largest absolute Gasteiger partial charge is 0.493 e. The van der Waals surface area contributed by atoms with Gasteiger partial charge in [0.15, 0.2) is 11.5 Å². The standard InChI is InChI=1S/C27H32FNO5/c1-32-22-16-18(17-23(33-2)26(22)34-3)7-12-24(30)29-15-14-27(31)13-5-4-6-21(27)25(29)19-8-10-20(28)11-9-19/h7-12,16-17,21,25,31H,4-6,13-15H2,1-3H3/b12-7+/t21-,25-,27+/m0/s1. The van der Waals surface area contributed by atoms with Gasteiger partial charge in [0.2, 0.25) is 11.7 Å². The first kappa shape index (κ1) is 24.1. The van der Waals surface area contributed by atoms with Crippen molar-refractivity contribution >= 4 is 12.0 Å². The van der Waals surface area contributed by atoms with E-state index in [4.69, 9.17) is 14.2 Å². The van der Waals surface area contributed by atoms with Gasteiger partial charge in [-0.05, 0) is 60.7 Å². The molecular weight excluding hydrogens is 437 g/mol. The molecule has 6 nitrogen and oxygen atoms in total. The van der Waals surface area contributed by atoms with Gasteiger partial charge >= 0.3 is 0 Å². The quantitative estimate of drug-likeness (QED) is 0.618. The first-order chi connectivity index (χ1) is 16.4. The summed E-state index contributed by atoms with van der Waals surface area (Å²) in [7, 11) is 4.63. The zero-order valence-electron chi connectivity index (χ0n) is 19.9. The second-order valence-electron chi connectivity index (χ2n) is 9.03. The Morgan fingerprint density at radius 1 is 1.06 bits per heavy atom. The molecule has 2 fully saturated rings. The zero-order chi connectivity index (χ0) is 24.3. The van der Waals surface area contributed by atoms with Crippen LogP contribution in [0.5, 0.6) is 17.2 Å². The minimum Gasteiger partial charge on any atom is -0.493 e. The lowest BCUT2D eigenvalue weighted by molar-refractivity contribution is -0.150. The summed E-state index contributed by atoms with van der Waals surface area (Å²) < 4.78 is 29.8. The van der Waals surface area contributed by atoms with Crippen molar-refractivity contribution in [1.82, 2.24) is 4.90 Å². The maximum atomic E-state index is 13.6. The Bertz CT molecular complexity index is 1030. The van der Waals surface area contributed by atoms with E-state index in [9.17, 15) is 14.3 Å². The number of rotatable bonds is 6. The van der Waals surface area contributed by atoms with Gasteiger partial charge in [-0.15, -0.1) is 0 Å². The molecule has 4 rings (SSSR count). The van der Waals surface area contributed by atoms with E-state index < -0.39 is 5.60 Å². The number of aliphatic hydroxyl groups is 1. The summed E-state index contributed by atoms with van der Waals surface area (Å²) in [5.74, 6) is 0.928. The third-order valence-electron chi connectivity index (χ3n) is 7.17. The summed E-state index contributed by atoms with van der Waals surface area (Å²) in [6.45, 7) is 0.438. The highest BCUT2D eigenvalue weighted by atomic mass is 19.1. The van der Waals surface area contributed by atoms with Crippen LogP contribution in [0.2, 0.25) is 0 Å². The van der Waals surface area contributed by atoms with Crippen LogP contribution in [-0.4, -0.2) is 49.4 Å². The molecule has 0 unspecified atom stereocenters. The maximum Gasteiger partial charge on any atom is 0.247 e.